The number of amides is 1. The van der Waals surface area contributed by atoms with E-state index in [1.807, 2.05) is 49.6 Å². The monoisotopic (exact) mass is 294 g/mol. The molecule has 3 heterocycles. The molecule has 0 aliphatic heterocycles. The highest BCUT2D eigenvalue weighted by Crippen LogP contribution is 2.16. The molecule has 0 atom stereocenters. The topological polar surface area (TPSA) is 59.3 Å². The molecule has 1 amide bonds. The lowest BCUT2D eigenvalue weighted by atomic mass is 10.2. The summed E-state index contributed by atoms with van der Waals surface area (Å²) in [7, 11) is 0. The van der Waals surface area contributed by atoms with Gasteiger partial charge in [-0.1, -0.05) is 13.0 Å². The Morgan fingerprint density at radius 1 is 1.23 bits per heavy atom. The summed E-state index contributed by atoms with van der Waals surface area (Å²) in [5.41, 5.74) is 4.32. The van der Waals surface area contributed by atoms with E-state index in [2.05, 4.69) is 15.3 Å². The number of carbonyl (C=O) groups is 1. The van der Waals surface area contributed by atoms with Crippen molar-refractivity contribution < 1.29 is 4.79 Å². The molecule has 0 radical (unpaired) electrons. The molecule has 5 heteroatoms. The van der Waals surface area contributed by atoms with Crippen LogP contribution in [0.2, 0.25) is 0 Å². The standard InChI is InChI=1S/C17H18N4O/c1-4-13-16(21-8-7-11(2)9-15(21)19-13)17(22)20-14-6-5-12(3)10-18-14/h5-10H,4H2,1-3H3,(H,18,20,22). The Bertz CT molecular complexity index is 834. The molecule has 1 N–H and O–H groups in total. The number of hydrogen-bond acceptors (Lipinski definition) is 3. The van der Waals surface area contributed by atoms with Crippen molar-refractivity contribution in [3.05, 3.63) is 59.2 Å². The summed E-state index contributed by atoms with van der Waals surface area (Å²) in [6.07, 6.45) is 4.31. The number of nitrogens with one attached hydrogen (secondary N) is 1. The van der Waals surface area contributed by atoms with Gasteiger partial charge in [0.25, 0.3) is 5.91 Å². The summed E-state index contributed by atoms with van der Waals surface area (Å²) in [5.74, 6) is 0.351. The van der Waals surface area contributed by atoms with Gasteiger partial charge in [-0.3, -0.25) is 9.20 Å². The molecule has 0 aliphatic carbocycles. The van der Waals surface area contributed by atoms with E-state index in [9.17, 15) is 4.79 Å². The van der Waals surface area contributed by atoms with Crippen molar-refractivity contribution in [2.24, 2.45) is 0 Å². The fourth-order valence-corrected chi connectivity index (χ4v) is 2.40. The van der Waals surface area contributed by atoms with Crippen molar-refractivity contribution in [2.75, 3.05) is 5.32 Å². The summed E-state index contributed by atoms with van der Waals surface area (Å²) in [6, 6.07) is 7.66. The van der Waals surface area contributed by atoms with Gasteiger partial charge < -0.3 is 5.32 Å². The number of pyridine rings is 2. The van der Waals surface area contributed by atoms with Gasteiger partial charge in [-0.05, 0) is 49.6 Å². The largest absolute Gasteiger partial charge is 0.305 e. The van der Waals surface area contributed by atoms with Gasteiger partial charge in [0.1, 0.15) is 17.2 Å². The SMILES string of the molecule is CCc1nc2cc(C)ccn2c1C(=O)Nc1ccc(C)cn1. The lowest BCUT2D eigenvalue weighted by Crippen LogP contribution is -2.17. The number of fused-ring (bicyclic) bond motifs is 1. The molecular formula is C17H18N4O. The Morgan fingerprint density at radius 2 is 2.05 bits per heavy atom. The second kappa shape index (κ2) is 5.60. The minimum atomic E-state index is -0.190. The van der Waals surface area contributed by atoms with E-state index in [4.69, 9.17) is 0 Å². The van der Waals surface area contributed by atoms with Crippen LogP contribution in [0.4, 0.5) is 5.82 Å². The van der Waals surface area contributed by atoms with Crippen molar-refractivity contribution in [3.8, 4) is 0 Å². The zero-order valence-corrected chi connectivity index (χ0v) is 12.9. The molecule has 0 saturated heterocycles. The first-order valence-electron chi connectivity index (χ1n) is 7.30. The van der Waals surface area contributed by atoms with E-state index in [0.717, 1.165) is 22.5 Å². The van der Waals surface area contributed by atoms with Gasteiger partial charge in [-0.15, -0.1) is 0 Å². The first-order valence-corrected chi connectivity index (χ1v) is 7.30. The second-order valence-corrected chi connectivity index (χ2v) is 5.37. The fraction of sp³-hybridized carbons (Fsp3) is 0.235. The van der Waals surface area contributed by atoms with Crippen LogP contribution in [0.3, 0.4) is 0 Å². The van der Waals surface area contributed by atoms with E-state index in [1.165, 1.54) is 0 Å². The molecule has 3 rings (SSSR count). The first kappa shape index (κ1) is 14.3. The number of aryl methyl sites for hydroxylation is 3. The molecule has 0 bridgehead atoms. The van der Waals surface area contributed by atoms with E-state index in [1.54, 1.807) is 12.3 Å². The average molecular weight is 294 g/mol. The van der Waals surface area contributed by atoms with Crippen molar-refractivity contribution >= 4 is 17.4 Å². The molecule has 0 saturated carbocycles. The van der Waals surface area contributed by atoms with Crippen LogP contribution in [-0.4, -0.2) is 20.3 Å². The maximum Gasteiger partial charge on any atom is 0.275 e. The minimum absolute atomic E-state index is 0.190. The molecule has 0 aromatic carbocycles. The first-order chi connectivity index (χ1) is 10.6. The van der Waals surface area contributed by atoms with Crippen LogP contribution in [-0.2, 0) is 6.42 Å². The third kappa shape index (κ3) is 2.57. The van der Waals surface area contributed by atoms with Gasteiger partial charge in [-0.25, -0.2) is 9.97 Å². The highest BCUT2D eigenvalue weighted by molar-refractivity contribution is 6.04. The number of rotatable bonds is 3. The summed E-state index contributed by atoms with van der Waals surface area (Å²) in [5, 5.41) is 2.84. The van der Waals surface area contributed by atoms with Crippen LogP contribution in [0.5, 0.6) is 0 Å². The van der Waals surface area contributed by atoms with Gasteiger partial charge in [0.15, 0.2) is 0 Å². The number of aromatic nitrogens is 3. The normalized spacial score (nSPS) is 10.9. The van der Waals surface area contributed by atoms with E-state index >= 15 is 0 Å². The molecule has 3 aromatic rings. The third-order valence-electron chi connectivity index (χ3n) is 3.56. The molecular weight excluding hydrogens is 276 g/mol. The van der Waals surface area contributed by atoms with E-state index in [0.29, 0.717) is 17.9 Å². The molecule has 0 aliphatic rings. The number of carbonyl (C=O) groups excluding carboxylic acids is 1. The van der Waals surface area contributed by atoms with Gasteiger partial charge in [0.05, 0.1) is 5.69 Å². The quantitative estimate of drug-likeness (QED) is 0.807. The van der Waals surface area contributed by atoms with E-state index in [-0.39, 0.29) is 5.91 Å². The maximum atomic E-state index is 12.6. The molecule has 3 aromatic heterocycles. The minimum Gasteiger partial charge on any atom is -0.305 e. The molecule has 5 nitrogen and oxygen atoms in total. The van der Waals surface area contributed by atoms with Crippen LogP contribution in [0.25, 0.3) is 5.65 Å². The molecule has 112 valence electrons. The summed E-state index contributed by atoms with van der Waals surface area (Å²) in [6.45, 7) is 5.96. The predicted molar refractivity (Wildman–Crippen MR) is 86.2 cm³/mol. The van der Waals surface area contributed by atoms with Gasteiger partial charge in [-0.2, -0.15) is 0 Å². The molecule has 0 unspecified atom stereocenters. The van der Waals surface area contributed by atoms with Crippen LogP contribution in [0.1, 0.15) is 34.2 Å². The summed E-state index contributed by atoms with van der Waals surface area (Å²) in [4.78, 5) is 21.4. The van der Waals surface area contributed by atoms with Crippen molar-refractivity contribution in [3.63, 3.8) is 0 Å². The van der Waals surface area contributed by atoms with Crippen LogP contribution < -0.4 is 5.32 Å². The van der Waals surface area contributed by atoms with Crippen molar-refractivity contribution in [1.82, 2.24) is 14.4 Å². The summed E-state index contributed by atoms with van der Waals surface area (Å²) < 4.78 is 1.83. The van der Waals surface area contributed by atoms with Crippen molar-refractivity contribution in [2.45, 2.75) is 27.2 Å². The van der Waals surface area contributed by atoms with Crippen LogP contribution >= 0.6 is 0 Å². The number of imidazole rings is 1. The van der Waals surface area contributed by atoms with Crippen LogP contribution in [0, 0.1) is 13.8 Å². The zero-order valence-electron chi connectivity index (χ0n) is 12.9. The number of anilines is 1. The number of nitrogens with zero attached hydrogens (tertiary/aromatic N) is 3. The van der Waals surface area contributed by atoms with Gasteiger partial charge >= 0.3 is 0 Å². The molecule has 0 fully saturated rings. The Labute approximate surface area is 129 Å². The average Bonchev–Trinajstić information content (AvgIpc) is 2.87. The lowest BCUT2D eigenvalue weighted by Gasteiger charge is -2.06. The molecule has 0 spiro atoms. The van der Waals surface area contributed by atoms with E-state index < -0.39 is 0 Å². The molecule has 22 heavy (non-hydrogen) atoms. The highest BCUT2D eigenvalue weighted by atomic mass is 16.2. The van der Waals surface area contributed by atoms with Crippen LogP contribution in [0.15, 0.2) is 36.7 Å². The zero-order chi connectivity index (χ0) is 15.7. The Kier molecular flexibility index (Phi) is 3.63. The smallest absolute Gasteiger partial charge is 0.275 e. The highest BCUT2D eigenvalue weighted by Gasteiger charge is 2.18. The van der Waals surface area contributed by atoms with Crippen molar-refractivity contribution in [1.29, 1.82) is 0 Å². The predicted octanol–water partition coefficient (Wildman–Crippen LogP) is 3.16. The maximum absolute atomic E-state index is 12.6. The van der Waals surface area contributed by atoms with Gasteiger partial charge in [0.2, 0.25) is 0 Å². The second-order valence-electron chi connectivity index (χ2n) is 5.37. The Hall–Kier alpha value is -2.69. The Balaban J connectivity index is 2.00. The lowest BCUT2D eigenvalue weighted by molar-refractivity contribution is 0.102. The third-order valence-corrected chi connectivity index (χ3v) is 3.56. The number of hydrogen-bond donors (Lipinski definition) is 1. The van der Waals surface area contributed by atoms with Gasteiger partial charge in [0, 0.05) is 12.4 Å². The fourth-order valence-electron chi connectivity index (χ4n) is 2.40. The Morgan fingerprint density at radius 3 is 2.73 bits per heavy atom. The summed E-state index contributed by atoms with van der Waals surface area (Å²) >= 11 is 0.